The zero-order chi connectivity index (χ0) is 19.7. The summed E-state index contributed by atoms with van der Waals surface area (Å²) in [5, 5.41) is 15.1. The molecule has 0 unspecified atom stereocenters. The van der Waals surface area contributed by atoms with Crippen LogP contribution in [-0.2, 0) is 0 Å². The van der Waals surface area contributed by atoms with Crippen LogP contribution in [0.4, 0.5) is 5.69 Å². The minimum Gasteiger partial charge on any atom is -0.454 e. The Balaban J connectivity index is 1.52. The Morgan fingerprint density at radius 3 is 2.61 bits per heavy atom. The van der Waals surface area contributed by atoms with Crippen LogP contribution >= 0.6 is 0 Å². The molecule has 2 aromatic carbocycles. The number of non-ortho nitro benzene ring substituents is 1. The maximum Gasteiger partial charge on any atom is 0.271 e. The summed E-state index contributed by atoms with van der Waals surface area (Å²) < 4.78 is 10.6. The predicted molar refractivity (Wildman–Crippen MR) is 98.8 cm³/mol. The van der Waals surface area contributed by atoms with Crippen LogP contribution in [0, 0.1) is 10.1 Å². The van der Waals surface area contributed by atoms with E-state index in [1.807, 2.05) is 0 Å². The Morgan fingerprint density at radius 1 is 1.18 bits per heavy atom. The van der Waals surface area contributed by atoms with E-state index in [2.05, 4.69) is 15.5 Å². The standard InChI is InChI=1S/C18H12N4O6/c23-17-12(5-11-6-15-16(28-9-27-15)7-14(11)20-17)8-19-21-18(24)10-1-3-13(4-2-10)22(25)26/h1-8H,9H2,(H,20,23)(H,21,24)/b19-8+. The number of fused-ring (bicyclic) bond motifs is 2. The van der Waals surface area contributed by atoms with Crippen LogP contribution in [0.3, 0.4) is 0 Å². The summed E-state index contributed by atoms with van der Waals surface area (Å²) in [5.41, 5.74) is 2.78. The number of hydrazone groups is 1. The van der Waals surface area contributed by atoms with Crippen LogP contribution in [0.2, 0.25) is 0 Å². The minimum absolute atomic E-state index is 0.122. The van der Waals surface area contributed by atoms with Gasteiger partial charge in [0.25, 0.3) is 17.2 Å². The summed E-state index contributed by atoms with van der Waals surface area (Å²) in [5.74, 6) is 0.570. The van der Waals surface area contributed by atoms with Crippen molar-refractivity contribution in [1.82, 2.24) is 10.4 Å². The van der Waals surface area contributed by atoms with Crippen molar-refractivity contribution in [3.63, 3.8) is 0 Å². The molecule has 2 heterocycles. The third-order valence-electron chi connectivity index (χ3n) is 4.08. The second kappa shape index (κ2) is 6.83. The predicted octanol–water partition coefficient (Wildman–Crippen LogP) is 1.93. The van der Waals surface area contributed by atoms with E-state index in [1.54, 1.807) is 18.2 Å². The number of nitrogens with one attached hydrogen (secondary N) is 2. The molecule has 1 aliphatic rings. The Kier molecular flexibility index (Phi) is 4.20. The maximum atomic E-state index is 12.2. The van der Waals surface area contributed by atoms with E-state index < -0.39 is 10.8 Å². The highest BCUT2D eigenvalue weighted by Crippen LogP contribution is 2.35. The topological polar surface area (TPSA) is 136 Å². The van der Waals surface area contributed by atoms with Gasteiger partial charge < -0.3 is 14.5 Å². The molecule has 0 saturated heterocycles. The molecular formula is C18H12N4O6. The lowest BCUT2D eigenvalue weighted by atomic mass is 10.1. The summed E-state index contributed by atoms with van der Waals surface area (Å²) in [6, 6.07) is 10.1. The van der Waals surface area contributed by atoms with Gasteiger partial charge in [0, 0.05) is 29.1 Å². The number of aromatic amines is 1. The van der Waals surface area contributed by atoms with Gasteiger partial charge in [0.1, 0.15) is 0 Å². The van der Waals surface area contributed by atoms with Gasteiger partial charge >= 0.3 is 0 Å². The summed E-state index contributed by atoms with van der Waals surface area (Å²) in [4.78, 5) is 37.0. The highest BCUT2D eigenvalue weighted by atomic mass is 16.7. The van der Waals surface area contributed by atoms with Crippen LogP contribution in [0.5, 0.6) is 11.5 Å². The molecule has 0 spiro atoms. The number of benzene rings is 2. The molecule has 0 atom stereocenters. The number of rotatable bonds is 4. The molecule has 1 amide bonds. The number of nitro benzene ring substituents is 1. The molecule has 2 N–H and O–H groups in total. The Labute approximate surface area is 156 Å². The summed E-state index contributed by atoms with van der Waals surface area (Å²) in [6.07, 6.45) is 1.21. The molecule has 0 fully saturated rings. The number of carbonyl (C=O) groups is 1. The van der Waals surface area contributed by atoms with Crippen molar-refractivity contribution in [2.45, 2.75) is 0 Å². The molecule has 4 rings (SSSR count). The van der Waals surface area contributed by atoms with Gasteiger partial charge in [-0.3, -0.25) is 19.7 Å². The lowest BCUT2D eigenvalue weighted by Gasteiger charge is -2.02. The van der Waals surface area contributed by atoms with E-state index in [0.717, 1.165) is 0 Å². The third-order valence-corrected chi connectivity index (χ3v) is 4.08. The summed E-state index contributed by atoms with van der Waals surface area (Å²) in [7, 11) is 0. The molecule has 0 saturated carbocycles. The Morgan fingerprint density at radius 2 is 1.89 bits per heavy atom. The first-order chi connectivity index (χ1) is 13.5. The normalized spacial score (nSPS) is 12.4. The minimum atomic E-state index is -0.563. The number of hydrogen-bond donors (Lipinski definition) is 2. The molecule has 1 aromatic heterocycles. The van der Waals surface area contributed by atoms with Gasteiger partial charge in [-0.15, -0.1) is 0 Å². The lowest BCUT2D eigenvalue weighted by molar-refractivity contribution is -0.384. The van der Waals surface area contributed by atoms with E-state index >= 15 is 0 Å². The lowest BCUT2D eigenvalue weighted by Crippen LogP contribution is -2.19. The van der Waals surface area contributed by atoms with Crippen molar-refractivity contribution in [3.05, 3.63) is 74.1 Å². The molecular weight excluding hydrogens is 368 g/mol. The zero-order valence-electron chi connectivity index (χ0n) is 14.2. The van der Waals surface area contributed by atoms with E-state index in [-0.39, 0.29) is 29.2 Å². The van der Waals surface area contributed by atoms with Gasteiger partial charge in [0.05, 0.1) is 22.2 Å². The van der Waals surface area contributed by atoms with Gasteiger partial charge in [-0.1, -0.05) is 0 Å². The van der Waals surface area contributed by atoms with Crippen molar-refractivity contribution in [1.29, 1.82) is 0 Å². The monoisotopic (exact) mass is 380 g/mol. The fraction of sp³-hybridized carbons (Fsp3) is 0.0556. The first-order valence-corrected chi connectivity index (χ1v) is 8.06. The van der Waals surface area contributed by atoms with Gasteiger partial charge in [0.2, 0.25) is 6.79 Å². The number of H-pyrrole nitrogens is 1. The molecule has 0 radical (unpaired) electrons. The molecule has 3 aromatic rings. The quantitative estimate of drug-likeness (QED) is 0.403. The van der Waals surface area contributed by atoms with Crippen LogP contribution < -0.4 is 20.5 Å². The van der Waals surface area contributed by atoms with Crippen LogP contribution in [0.25, 0.3) is 10.9 Å². The average Bonchev–Trinajstić information content (AvgIpc) is 3.14. The molecule has 140 valence electrons. The van der Waals surface area contributed by atoms with E-state index in [4.69, 9.17) is 9.47 Å². The second-order valence-corrected chi connectivity index (χ2v) is 5.85. The van der Waals surface area contributed by atoms with Crippen LogP contribution in [0.15, 0.2) is 52.4 Å². The smallest absolute Gasteiger partial charge is 0.271 e. The van der Waals surface area contributed by atoms with Gasteiger partial charge in [-0.25, -0.2) is 5.43 Å². The zero-order valence-corrected chi connectivity index (χ0v) is 14.2. The van der Waals surface area contributed by atoms with Crippen molar-refractivity contribution < 1.29 is 19.2 Å². The summed E-state index contributed by atoms with van der Waals surface area (Å²) >= 11 is 0. The number of pyridine rings is 1. The molecule has 0 bridgehead atoms. The molecule has 28 heavy (non-hydrogen) atoms. The molecule has 0 aliphatic carbocycles. The van der Waals surface area contributed by atoms with Crippen molar-refractivity contribution >= 4 is 28.7 Å². The molecule has 10 nitrogen and oxygen atoms in total. The maximum absolute atomic E-state index is 12.2. The largest absolute Gasteiger partial charge is 0.454 e. The molecule has 10 heteroatoms. The number of nitro groups is 1. The van der Waals surface area contributed by atoms with Gasteiger partial charge in [-0.2, -0.15) is 5.10 Å². The van der Waals surface area contributed by atoms with E-state index in [0.29, 0.717) is 22.4 Å². The first-order valence-electron chi connectivity index (χ1n) is 8.06. The average molecular weight is 380 g/mol. The van der Waals surface area contributed by atoms with Crippen LogP contribution in [0.1, 0.15) is 15.9 Å². The third kappa shape index (κ3) is 3.26. The number of nitrogens with zero attached hydrogens (tertiary/aromatic N) is 2. The van der Waals surface area contributed by atoms with Crippen molar-refractivity contribution in [3.8, 4) is 11.5 Å². The Bertz CT molecular complexity index is 1180. The number of carbonyl (C=O) groups excluding carboxylic acids is 1. The van der Waals surface area contributed by atoms with Crippen LogP contribution in [-0.4, -0.2) is 28.8 Å². The fourth-order valence-corrected chi connectivity index (χ4v) is 2.67. The highest BCUT2D eigenvalue weighted by molar-refractivity contribution is 5.95. The number of aromatic nitrogens is 1. The summed E-state index contributed by atoms with van der Waals surface area (Å²) in [6.45, 7) is 0.124. The fourth-order valence-electron chi connectivity index (χ4n) is 2.67. The van der Waals surface area contributed by atoms with E-state index in [1.165, 1.54) is 30.5 Å². The first kappa shape index (κ1) is 17.2. The number of ether oxygens (including phenoxy) is 2. The van der Waals surface area contributed by atoms with Gasteiger partial charge in [0.15, 0.2) is 11.5 Å². The van der Waals surface area contributed by atoms with Crippen molar-refractivity contribution in [2.24, 2.45) is 5.10 Å². The Hall–Kier alpha value is -4.21. The molecule has 1 aliphatic heterocycles. The second-order valence-electron chi connectivity index (χ2n) is 5.85. The van der Waals surface area contributed by atoms with Gasteiger partial charge in [-0.05, 0) is 24.3 Å². The number of amides is 1. The van der Waals surface area contributed by atoms with E-state index in [9.17, 15) is 19.7 Å². The SMILES string of the molecule is O=C(N/N=C/c1cc2cc3c(cc2[nH]c1=O)OCO3)c1ccc([N+](=O)[O-])cc1. The van der Waals surface area contributed by atoms with Crippen molar-refractivity contribution in [2.75, 3.05) is 6.79 Å². The number of hydrogen-bond acceptors (Lipinski definition) is 7. The highest BCUT2D eigenvalue weighted by Gasteiger charge is 2.15.